The van der Waals surface area contributed by atoms with Gasteiger partial charge >= 0.3 is 0 Å². The van der Waals surface area contributed by atoms with Crippen molar-refractivity contribution in [2.24, 2.45) is 0 Å². The number of aryl methyl sites for hydroxylation is 1. The molecule has 2 aromatic carbocycles. The number of rotatable bonds is 6. The number of Topliss-reactive ketones (excluding diaryl/α,β-unsaturated/α-hetero) is 1. The van der Waals surface area contributed by atoms with Crippen LogP contribution in [0.2, 0.25) is 0 Å². The molecule has 1 aliphatic heterocycles. The molecule has 29 heavy (non-hydrogen) atoms. The van der Waals surface area contributed by atoms with Gasteiger partial charge in [-0.1, -0.05) is 13.8 Å². The molecular weight excluding hydrogens is 362 g/mol. The van der Waals surface area contributed by atoms with Gasteiger partial charge in [0.15, 0.2) is 5.78 Å². The Morgan fingerprint density at radius 3 is 2.62 bits per heavy atom. The molecule has 0 fully saturated rings. The molecule has 0 aliphatic carbocycles. The van der Waals surface area contributed by atoms with Crippen LogP contribution in [0.15, 0.2) is 30.3 Å². The van der Waals surface area contributed by atoms with E-state index in [1.165, 1.54) is 0 Å². The number of likely N-dealkylation sites (N-methyl/N-ethyl adjacent to an activating group) is 1. The van der Waals surface area contributed by atoms with Crippen LogP contribution in [0.5, 0.6) is 0 Å². The summed E-state index contributed by atoms with van der Waals surface area (Å²) >= 11 is 0. The molecule has 1 aliphatic rings. The van der Waals surface area contributed by atoms with Gasteiger partial charge in [0.25, 0.3) is 5.91 Å². The van der Waals surface area contributed by atoms with Crippen molar-refractivity contribution in [3.05, 3.63) is 47.0 Å². The van der Waals surface area contributed by atoms with E-state index in [1.807, 2.05) is 18.2 Å². The molecule has 0 unspecified atom stereocenters. The minimum absolute atomic E-state index is 0.00571. The van der Waals surface area contributed by atoms with Crippen molar-refractivity contribution in [3.8, 4) is 0 Å². The topological polar surface area (TPSA) is 54.3 Å². The molecule has 1 N–H and O–H groups in total. The fraction of sp³-hybridized carbons (Fsp3) is 0.417. The van der Waals surface area contributed by atoms with Crippen LogP contribution in [-0.4, -0.2) is 47.3 Å². The van der Waals surface area contributed by atoms with Gasteiger partial charge in [0.1, 0.15) is 0 Å². The predicted octanol–water partition coefficient (Wildman–Crippen LogP) is 4.01. The van der Waals surface area contributed by atoms with Gasteiger partial charge in [-0.3, -0.25) is 9.59 Å². The van der Waals surface area contributed by atoms with E-state index in [4.69, 9.17) is 0 Å². The van der Waals surface area contributed by atoms with Gasteiger partial charge < -0.3 is 14.8 Å². The summed E-state index contributed by atoms with van der Waals surface area (Å²) in [5, 5.41) is 5.22. The normalized spacial score (nSPS) is 14.3. The Morgan fingerprint density at radius 2 is 1.90 bits per heavy atom. The molecule has 3 aromatic rings. The van der Waals surface area contributed by atoms with Crippen LogP contribution in [0, 0.1) is 0 Å². The van der Waals surface area contributed by atoms with Crippen LogP contribution in [0.3, 0.4) is 0 Å². The van der Waals surface area contributed by atoms with Crippen LogP contribution < -0.4 is 5.32 Å². The Kier molecular flexibility index (Phi) is 5.41. The second kappa shape index (κ2) is 7.99. The van der Waals surface area contributed by atoms with Crippen LogP contribution in [0.1, 0.15) is 53.5 Å². The molecule has 0 radical (unpaired) electrons. The maximum Gasteiger partial charge on any atom is 0.251 e. The zero-order valence-electron chi connectivity index (χ0n) is 17.5. The second-order valence-electron chi connectivity index (χ2n) is 7.81. The van der Waals surface area contributed by atoms with Crippen molar-refractivity contribution in [2.45, 2.75) is 40.2 Å². The predicted molar refractivity (Wildman–Crippen MR) is 118 cm³/mol. The van der Waals surface area contributed by atoms with Crippen LogP contribution in [0.4, 0.5) is 0 Å². The minimum Gasteiger partial charge on any atom is -0.352 e. The Labute approximate surface area is 171 Å². The van der Waals surface area contributed by atoms with Crippen molar-refractivity contribution in [2.75, 3.05) is 26.2 Å². The van der Waals surface area contributed by atoms with E-state index >= 15 is 0 Å². The lowest BCUT2D eigenvalue weighted by atomic mass is 9.96. The molecule has 0 saturated heterocycles. The number of aromatic nitrogens is 1. The molecule has 2 heterocycles. The van der Waals surface area contributed by atoms with Crippen molar-refractivity contribution in [3.63, 3.8) is 0 Å². The van der Waals surface area contributed by atoms with Gasteiger partial charge in [-0.05, 0) is 68.8 Å². The van der Waals surface area contributed by atoms with Gasteiger partial charge in [0.05, 0.1) is 0 Å². The minimum atomic E-state index is 0.00571. The summed E-state index contributed by atoms with van der Waals surface area (Å²) in [5.41, 5.74) is 4.89. The number of benzene rings is 2. The summed E-state index contributed by atoms with van der Waals surface area (Å²) in [6.45, 7) is 10.6. The average molecular weight is 392 g/mol. The molecule has 5 nitrogen and oxygen atoms in total. The fourth-order valence-corrected chi connectivity index (χ4v) is 4.54. The summed E-state index contributed by atoms with van der Waals surface area (Å²) in [7, 11) is 0. The Balaban J connectivity index is 1.98. The first-order chi connectivity index (χ1) is 14.0. The van der Waals surface area contributed by atoms with Crippen LogP contribution >= 0.6 is 0 Å². The third-order valence-corrected chi connectivity index (χ3v) is 6.21. The smallest absolute Gasteiger partial charge is 0.251 e. The number of carbonyl (C=O) groups is 2. The maximum atomic E-state index is 12.6. The van der Waals surface area contributed by atoms with E-state index in [2.05, 4.69) is 40.8 Å². The summed E-state index contributed by atoms with van der Waals surface area (Å²) in [6.07, 6.45) is 1.79. The zero-order chi connectivity index (χ0) is 20.5. The third-order valence-electron chi connectivity index (χ3n) is 6.21. The number of ketones is 1. The summed E-state index contributed by atoms with van der Waals surface area (Å²) in [6, 6.07) is 10.0. The molecule has 0 bridgehead atoms. The highest BCUT2D eigenvalue weighted by atomic mass is 16.1. The zero-order valence-corrected chi connectivity index (χ0v) is 17.5. The Morgan fingerprint density at radius 1 is 1.14 bits per heavy atom. The lowest BCUT2D eigenvalue weighted by Crippen LogP contribution is -2.27. The first kappa shape index (κ1) is 19.6. The first-order valence-corrected chi connectivity index (χ1v) is 10.6. The van der Waals surface area contributed by atoms with Crippen molar-refractivity contribution >= 4 is 33.5 Å². The van der Waals surface area contributed by atoms with Gasteiger partial charge in [0, 0.05) is 52.6 Å². The summed E-state index contributed by atoms with van der Waals surface area (Å²) < 4.78 is 2.36. The van der Waals surface area contributed by atoms with E-state index in [0.717, 1.165) is 77.5 Å². The number of carbonyl (C=O) groups excluding carboxylic acids is 2. The number of hydrogen-bond donors (Lipinski definition) is 1. The lowest BCUT2D eigenvalue weighted by molar-refractivity contribution is 0.0955. The van der Waals surface area contributed by atoms with Crippen molar-refractivity contribution < 1.29 is 9.59 Å². The van der Waals surface area contributed by atoms with Crippen LogP contribution in [-0.2, 0) is 13.0 Å². The summed E-state index contributed by atoms with van der Waals surface area (Å²) in [5.74, 6) is 0.0712. The van der Waals surface area contributed by atoms with E-state index in [9.17, 15) is 9.59 Å². The monoisotopic (exact) mass is 391 g/mol. The van der Waals surface area contributed by atoms with Crippen LogP contribution in [0.25, 0.3) is 21.8 Å². The highest BCUT2D eigenvalue weighted by Crippen LogP contribution is 2.35. The third kappa shape index (κ3) is 3.44. The van der Waals surface area contributed by atoms with E-state index in [0.29, 0.717) is 6.54 Å². The molecule has 1 amide bonds. The highest BCUT2D eigenvalue weighted by molar-refractivity contribution is 6.14. The molecular formula is C24H29N3O2. The maximum absolute atomic E-state index is 12.6. The highest BCUT2D eigenvalue weighted by Gasteiger charge is 2.22. The Bertz CT molecular complexity index is 1090. The SMILES string of the molecule is CCN(CC)CCn1c2ccc(C(C)=O)cc2c2c3c(ccc21)C(=O)NCCC3. The van der Waals surface area contributed by atoms with Crippen molar-refractivity contribution in [1.82, 2.24) is 14.8 Å². The molecule has 1 aromatic heterocycles. The molecule has 0 atom stereocenters. The Hall–Kier alpha value is -2.66. The number of hydrogen-bond acceptors (Lipinski definition) is 3. The second-order valence-corrected chi connectivity index (χ2v) is 7.81. The lowest BCUT2D eigenvalue weighted by Gasteiger charge is -2.19. The number of nitrogens with zero attached hydrogens (tertiary/aromatic N) is 2. The van der Waals surface area contributed by atoms with E-state index in [-0.39, 0.29) is 11.7 Å². The quantitative estimate of drug-likeness (QED) is 0.646. The molecule has 4 rings (SSSR count). The number of nitrogens with one attached hydrogen (secondary N) is 1. The molecule has 0 spiro atoms. The summed E-state index contributed by atoms with van der Waals surface area (Å²) in [4.78, 5) is 27.0. The fourth-order valence-electron chi connectivity index (χ4n) is 4.54. The van der Waals surface area contributed by atoms with Gasteiger partial charge in [0.2, 0.25) is 0 Å². The average Bonchev–Trinajstić information content (AvgIpc) is 2.92. The van der Waals surface area contributed by atoms with Gasteiger partial charge in [-0.15, -0.1) is 0 Å². The molecule has 152 valence electrons. The van der Waals surface area contributed by atoms with Gasteiger partial charge in [-0.2, -0.15) is 0 Å². The largest absolute Gasteiger partial charge is 0.352 e. The number of amides is 1. The van der Waals surface area contributed by atoms with Crippen molar-refractivity contribution in [1.29, 1.82) is 0 Å². The molecule has 5 heteroatoms. The van der Waals surface area contributed by atoms with Gasteiger partial charge in [-0.25, -0.2) is 0 Å². The standard InChI is InChI=1S/C24H29N3O2/c1-4-26(5-2)13-14-27-21-10-8-17(16(3)28)15-20(21)23-18-7-6-12-25-24(29)19(18)9-11-22(23)27/h8-11,15H,4-7,12-14H2,1-3H3,(H,25,29). The number of fused-ring (bicyclic) bond motifs is 5. The first-order valence-electron chi connectivity index (χ1n) is 10.6. The van der Waals surface area contributed by atoms with E-state index < -0.39 is 0 Å². The molecule has 0 saturated carbocycles. The van der Waals surface area contributed by atoms with E-state index in [1.54, 1.807) is 6.92 Å².